The average Bonchev–Trinajstić information content (AvgIpc) is 2.72. The van der Waals surface area contributed by atoms with Gasteiger partial charge in [0.1, 0.15) is 0 Å². The van der Waals surface area contributed by atoms with Crippen LogP contribution < -0.4 is 10.6 Å². The van der Waals surface area contributed by atoms with Gasteiger partial charge in [-0.05, 0) is 51.4 Å². The van der Waals surface area contributed by atoms with Crippen LogP contribution in [0.1, 0.15) is 36.6 Å². The summed E-state index contributed by atoms with van der Waals surface area (Å²) < 4.78 is 0. The molecule has 3 N–H and O–H groups in total. The highest BCUT2D eigenvalue weighted by Crippen LogP contribution is 2.36. The molecule has 23 heavy (non-hydrogen) atoms. The fourth-order valence-corrected chi connectivity index (χ4v) is 3.38. The van der Waals surface area contributed by atoms with Gasteiger partial charge < -0.3 is 20.6 Å². The first-order valence-electron chi connectivity index (χ1n) is 8.19. The Morgan fingerprint density at radius 1 is 1.43 bits per heavy atom. The molecule has 1 aliphatic rings. The van der Waals surface area contributed by atoms with Crippen LogP contribution in [0.5, 0.6) is 0 Å². The third kappa shape index (κ3) is 4.69. The number of rotatable bonds is 5. The van der Waals surface area contributed by atoms with Gasteiger partial charge in [0.05, 0.1) is 11.6 Å². The predicted molar refractivity (Wildman–Crippen MR) is 92.5 cm³/mol. The summed E-state index contributed by atoms with van der Waals surface area (Å²) in [5.74, 6) is 0.375. The Hall–Kier alpha value is -1.59. The summed E-state index contributed by atoms with van der Waals surface area (Å²) in [5.41, 5.74) is 2.79. The first kappa shape index (κ1) is 17.8. The van der Waals surface area contributed by atoms with Crippen molar-refractivity contribution in [2.24, 2.45) is 5.92 Å². The zero-order valence-corrected chi connectivity index (χ0v) is 14.8. The van der Waals surface area contributed by atoms with Crippen molar-refractivity contribution in [3.63, 3.8) is 0 Å². The van der Waals surface area contributed by atoms with E-state index < -0.39 is 5.60 Å². The topological polar surface area (TPSA) is 64.6 Å². The Bertz CT molecular complexity index is 569. The fourth-order valence-electron chi connectivity index (χ4n) is 3.38. The van der Waals surface area contributed by atoms with Crippen molar-refractivity contribution >= 4 is 6.03 Å². The number of urea groups is 1. The number of hydrogen-bond acceptors (Lipinski definition) is 3. The van der Waals surface area contributed by atoms with Crippen molar-refractivity contribution in [1.82, 2.24) is 15.5 Å². The lowest BCUT2D eigenvalue weighted by Crippen LogP contribution is -2.50. The van der Waals surface area contributed by atoms with Crippen LogP contribution >= 0.6 is 0 Å². The van der Waals surface area contributed by atoms with E-state index in [9.17, 15) is 9.90 Å². The zero-order chi connectivity index (χ0) is 17.2. The van der Waals surface area contributed by atoms with E-state index in [1.807, 2.05) is 19.0 Å². The van der Waals surface area contributed by atoms with E-state index in [1.54, 1.807) is 6.92 Å². The molecule has 0 fully saturated rings. The first-order chi connectivity index (χ1) is 10.7. The Labute approximate surface area is 139 Å². The van der Waals surface area contributed by atoms with E-state index in [1.165, 1.54) is 16.7 Å². The van der Waals surface area contributed by atoms with Crippen LogP contribution in [0.3, 0.4) is 0 Å². The number of aryl methyl sites for hydroxylation is 1. The van der Waals surface area contributed by atoms with Gasteiger partial charge in [0.2, 0.25) is 0 Å². The second-order valence-corrected chi connectivity index (χ2v) is 7.42. The van der Waals surface area contributed by atoms with E-state index in [-0.39, 0.29) is 18.6 Å². The molecule has 3 atom stereocenters. The number of amides is 2. The van der Waals surface area contributed by atoms with Gasteiger partial charge in [-0.15, -0.1) is 0 Å². The summed E-state index contributed by atoms with van der Waals surface area (Å²) >= 11 is 0. The molecule has 0 bridgehead atoms. The number of carbonyl (C=O) groups excluding carboxylic acids is 1. The van der Waals surface area contributed by atoms with E-state index >= 15 is 0 Å². The molecule has 3 unspecified atom stereocenters. The standard InChI is InChI=1S/C18H29N3O2/c1-12-6-7-14-9-13(2)16(15(14)8-12)20-17(22)19-10-18(3,23)11-21(4)5/h6-8,13,16,23H,9-11H2,1-5H3,(H2,19,20,22). The van der Waals surface area contributed by atoms with Crippen molar-refractivity contribution in [3.8, 4) is 0 Å². The molecule has 0 saturated carbocycles. The maximum atomic E-state index is 12.2. The summed E-state index contributed by atoms with van der Waals surface area (Å²) in [5, 5.41) is 16.1. The minimum Gasteiger partial charge on any atom is -0.387 e. The largest absolute Gasteiger partial charge is 0.387 e. The summed E-state index contributed by atoms with van der Waals surface area (Å²) in [6.07, 6.45) is 0.985. The maximum Gasteiger partial charge on any atom is 0.315 e. The first-order valence-corrected chi connectivity index (χ1v) is 8.19. The van der Waals surface area contributed by atoms with Crippen molar-refractivity contribution in [2.45, 2.75) is 38.8 Å². The SMILES string of the molecule is Cc1ccc2c(c1)C(NC(=O)NCC(C)(O)CN(C)C)C(C)C2. The van der Waals surface area contributed by atoms with E-state index in [0.717, 1.165) is 6.42 Å². The Morgan fingerprint density at radius 2 is 2.13 bits per heavy atom. The minimum absolute atomic E-state index is 0.0312. The number of nitrogens with zero attached hydrogens (tertiary/aromatic N) is 1. The maximum absolute atomic E-state index is 12.2. The summed E-state index contributed by atoms with van der Waals surface area (Å²) in [4.78, 5) is 14.1. The molecule has 0 spiro atoms. The molecule has 2 rings (SSSR count). The Kier molecular flexibility index (Phi) is 5.32. The molecule has 0 aromatic heterocycles. The second kappa shape index (κ2) is 6.89. The van der Waals surface area contributed by atoms with Gasteiger partial charge in [0, 0.05) is 13.1 Å². The quantitative estimate of drug-likeness (QED) is 0.776. The molecule has 1 aromatic carbocycles. The van der Waals surface area contributed by atoms with Crippen LogP contribution in [0.25, 0.3) is 0 Å². The lowest BCUT2D eigenvalue weighted by atomic mass is 10.0. The van der Waals surface area contributed by atoms with Crippen LogP contribution in [-0.2, 0) is 6.42 Å². The van der Waals surface area contributed by atoms with Crippen molar-refractivity contribution in [3.05, 3.63) is 34.9 Å². The van der Waals surface area contributed by atoms with Crippen LogP contribution in [0.15, 0.2) is 18.2 Å². The number of carbonyl (C=O) groups is 1. The number of hydrogen-bond donors (Lipinski definition) is 3. The number of likely N-dealkylation sites (N-methyl/N-ethyl adjacent to an activating group) is 1. The monoisotopic (exact) mass is 319 g/mol. The normalized spacial score (nSPS) is 22.6. The Morgan fingerprint density at radius 3 is 2.78 bits per heavy atom. The molecule has 0 radical (unpaired) electrons. The molecule has 0 heterocycles. The molecule has 128 valence electrons. The number of nitrogens with one attached hydrogen (secondary N) is 2. The Balaban J connectivity index is 1.95. The highest BCUT2D eigenvalue weighted by atomic mass is 16.3. The predicted octanol–water partition coefficient (Wildman–Crippen LogP) is 1.84. The number of benzene rings is 1. The van der Waals surface area contributed by atoms with Gasteiger partial charge in [-0.25, -0.2) is 4.79 Å². The van der Waals surface area contributed by atoms with E-state index in [0.29, 0.717) is 12.5 Å². The summed E-state index contributed by atoms with van der Waals surface area (Å²) in [6, 6.07) is 6.24. The lowest BCUT2D eigenvalue weighted by Gasteiger charge is -2.28. The van der Waals surface area contributed by atoms with Crippen molar-refractivity contribution < 1.29 is 9.90 Å². The number of aliphatic hydroxyl groups is 1. The smallest absolute Gasteiger partial charge is 0.315 e. The summed E-state index contributed by atoms with van der Waals surface area (Å²) in [6.45, 7) is 6.67. The molecule has 0 aliphatic heterocycles. The van der Waals surface area contributed by atoms with Crippen molar-refractivity contribution in [2.75, 3.05) is 27.2 Å². The van der Waals surface area contributed by atoms with Gasteiger partial charge >= 0.3 is 6.03 Å². The second-order valence-electron chi connectivity index (χ2n) is 7.42. The highest BCUT2D eigenvalue weighted by molar-refractivity contribution is 5.74. The van der Waals surface area contributed by atoms with Gasteiger partial charge in [0.25, 0.3) is 0 Å². The lowest BCUT2D eigenvalue weighted by molar-refractivity contribution is 0.0359. The third-order valence-electron chi connectivity index (χ3n) is 4.32. The molecule has 2 amide bonds. The van der Waals surface area contributed by atoms with Crippen LogP contribution in [0.4, 0.5) is 4.79 Å². The van der Waals surface area contributed by atoms with Gasteiger partial charge in [-0.1, -0.05) is 30.7 Å². The zero-order valence-electron chi connectivity index (χ0n) is 14.8. The van der Waals surface area contributed by atoms with Crippen LogP contribution in [0.2, 0.25) is 0 Å². The molecular formula is C18H29N3O2. The fraction of sp³-hybridized carbons (Fsp3) is 0.611. The molecule has 1 aromatic rings. The molecular weight excluding hydrogens is 290 g/mol. The average molecular weight is 319 g/mol. The third-order valence-corrected chi connectivity index (χ3v) is 4.32. The summed E-state index contributed by atoms with van der Waals surface area (Å²) in [7, 11) is 3.79. The van der Waals surface area contributed by atoms with Gasteiger partial charge in [0.15, 0.2) is 0 Å². The molecule has 1 aliphatic carbocycles. The van der Waals surface area contributed by atoms with E-state index in [4.69, 9.17) is 0 Å². The number of fused-ring (bicyclic) bond motifs is 1. The van der Waals surface area contributed by atoms with Gasteiger partial charge in [-0.3, -0.25) is 0 Å². The van der Waals surface area contributed by atoms with E-state index in [2.05, 4.69) is 42.7 Å². The van der Waals surface area contributed by atoms with Crippen LogP contribution in [-0.4, -0.2) is 48.8 Å². The van der Waals surface area contributed by atoms with Gasteiger partial charge in [-0.2, -0.15) is 0 Å². The van der Waals surface area contributed by atoms with Crippen molar-refractivity contribution in [1.29, 1.82) is 0 Å². The molecule has 0 saturated heterocycles. The highest BCUT2D eigenvalue weighted by Gasteiger charge is 2.31. The molecule has 5 heteroatoms. The van der Waals surface area contributed by atoms with Crippen LogP contribution in [0, 0.1) is 12.8 Å². The molecule has 5 nitrogen and oxygen atoms in total. The minimum atomic E-state index is -0.948.